The van der Waals surface area contributed by atoms with Crippen LogP contribution >= 0.6 is 15.9 Å². The zero-order valence-electron chi connectivity index (χ0n) is 11.0. The first-order valence-electron chi connectivity index (χ1n) is 6.35. The number of amides is 1. The van der Waals surface area contributed by atoms with E-state index in [-0.39, 0.29) is 11.9 Å². The lowest BCUT2D eigenvalue weighted by Crippen LogP contribution is -2.40. The van der Waals surface area contributed by atoms with Crippen molar-refractivity contribution in [3.8, 4) is 0 Å². The van der Waals surface area contributed by atoms with E-state index in [1.54, 1.807) is 0 Å². The summed E-state index contributed by atoms with van der Waals surface area (Å²) in [6.45, 7) is 4.55. The van der Waals surface area contributed by atoms with E-state index in [4.69, 9.17) is 5.73 Å². The molecule has 1 rings (SSSR count). The zero-order valence-corrected chi connectivity index (χ0v) is 12.6. The standard InChI is InChI=1S/C14H21BrN2O/c1-3-4-5-12(9-16)17-14(18)13-7-6-11(15)8-10(13)2/h6-8,12H,3-5,9,16H2,1-2H3,(H,17,18). The third kappa shape index (κ3) is 4.42. The van der Waals surface area contributed by atoms with Crippen LogP contribution in [0.5, 0.6) is 0 Å². The molecule has 1 amide bonds. The monoisotopic (exact) mass is 312 g/mol. The number of halogens is 1. The van der Waals surface area contributed by atoms with Crippen molar-refractivity contribution >= 4 is 21.8 Å². The molecule has 1 atom stereocenters. The molecular weight excluding hydrogens is 292 g/mol. The van der Waals surface area contributed by atoms with Crippen LogP contribution in [0.25, 0.3) is 0 Å². The normalized spacial score (nSPS) is 12.2. The number of aryl methyl sites for hydroxylation is 1. The first-order chi connectivity index (χ1) is 8.58. The van der Waals surface area contributed by atoms with E-state index in [0.717, 1.165) is 29.3 Å². The minimum Gasteiger partial charge on any atom is -0.348 e. The fourth-order valence-corrected chi connectivity index (χ4v) is 2.32. The van der Waals surface area contributed by atoms with Gasteiger partial charge in [-0.3, -0.25) is 4.79 Å². The van der Waals surface area contributed by atoms with Crippen molar-refractivity contribution < 1.29 is 4.79 Å². The van der Waals surface area contributed by atoms with Crippen LogP contribution in [0.2, 0.25) is 0 Å². The van der Waals surface area contributed by atoms with Crippen LogP contribution in [0.15, 0.2) is 22.7 Å². The highest BCUT2D eigenvalue weighted by Gasteiger charge is 2.13. The van der Waals surface area contributed by atoms with Crippen molar-refractivity contribution in [1.82, 2.24) is 5.32 Å². The van der Waals surface area contributed by atoms with Gasteiger partial charge in [0.2, 0.25) is 0 Å². The van der Waals surface area contributed by atoms with Crippen molar-refractivity contribution in [2.45, 2.75) is 39.2 Å². The number of unbranched alkanes of at least 4 members (excludes halogenated alkanes) is 1. The van der Waals surface area contributed by atoms with Crippen LogP contribution in [0.3, 0.4) is 0 Å². The van der Waals surface area contributed by atoms with Crippen molar-refractivity contribution in [2.75, 3.05) is 6.54 Å². The van der Waals surface area contributed by atoms with Gasteiger partial charge in [0.25, 0.3) is 5.91 Å². The van der Waals surface area contributed by atoms with Gasteiger partial charge in [-0.15, -0.1) is 0 Å². The number of hydrogen-bond acceptors (Lipinski definition) is 2. The highest BCUT2D eigenvalue weighted by molar-refractivity contribution is 9.10. The van der Waals surface area contributed by atoms with Gasteiger partial charge in [-0.25, -0.2) is 0 Å². The van der Waals surface area contributed by atoms with Gasteiger partial charge in [0.15, 0.2) is 0 Å². The lowest BCUT2D eigenvalue weighted by Gasteiger charge is -2.17. The summed E-state index contributed by atoms with van der Waals surface area (Å²) in [6, 6.07) is 5.73. The molecule has 0 aliphatic rings. The van der Waals surface area contributed by atoms with Crippen LogP contribution in [0, 0.1) is 6.92 Å². The smallest absolute Gasteiger partial charge is 0.251 e. The SMILES string of the molecule is CCCCC(CN)NC(=O)c1ccc(Br)cc1C. The fourth-order valence-electron chi connectivity index (χ4n) is 1.84. The molecule has 0 heterocycles. The number of benzene rings is 1. The summed E-state index contributed by atoms with van der Waals surface area (Å²) in [6.07, 6.45) is 3.14. The molecule has 0 fully saturated rings. The Morgan fingerprint density at radius 2 is 2.22 bits per heavy atom. The quantitative estimate of drug-likeness (QED) is 0.848. The summed E-state index contributed by atoms with van der Waals surface area (Å²) in [5.74, 6) is -0.0356. The second kappa shape index (κ2) is 7.54. The number of hydrogen-bond donors (Lipinski definition) is 2. The van der Waals surface area contributed by atoms with Crippen LogP contribution in [0.1, 0.15) is 42.1 Å². The molecule has 0 saturated heterocycles. The van der Waals surface area contributed by atoms with Gasteiger partial charge in [-0.05, 0) is 37.1 Å². The molecule has 0 aromatic heterocycles. The fraction of sp³-hybridized carbons (Fsp3) is 0.500. The first kappa shape index (κ1) is 15.2. The maximum absolute atomic E-state index is 12.1. The van der Waals surface area contributed by atoms with Gasteiger partial charge in [0, 0.05) is 22.6 Å². The topological polar surface area (TPSA) is 55.1 Å². The highest BCUT2D eigenvalue weighted by Crippen LogP contribution is 2.16. The molecule has 0 spiro atoms. The molecule has 0 radical (unpaired) electrons. The van der Waals surface area contributed by atoms with Gasteiger partial charge in [-0.2, -0.15) is 0 Å². The molecule has 1 unspecified atom stereocenters. The van der Waals surface area contributed by atoms with Gasteiger partial charge in [0.05, 0.1) is 0 Å². The molecule has 0 bridgehead atoms. The summed E-state index contributed by atoms with van der Waals surface area (Å²) < 4.78 is 0.984. The number of carbonyl (C=O) groups is 1. The lowest BCUT2D eigenvalue weighted by atomic mass is 10.1. The Morgan fingerprint density at radius 3 is 2.78 bits per heavy atom. The molecule has 0 saturated carbocycles. The molecule has 100 valence electrons. The largest absolute Gasteiger partial charge is 0.348 e. The lowest BCUT2D eigenvalue weighted by molar-refractivity contribution is 0.0935. The van der Waals surface area contributed by atoms with E-state index in [1.165, 1.54) is 0 Å². The average Bonchev–Trinajstić information content (AvgIpc) is 2.34. The summed E-state index contributed by atoms with van der Waals surface area (Å²) in [5.41, 5.74) is 7.36. The Morgan fingerprint density at radius 1 is 1.50 bits per heavy atom. The first-order valence-corrected chi connectivity index (χ1v) is 7.14. The van der Waals surface area contributed by atoms with Crippen LogP contribution in [-0.2, 0) is 0 Å². The van der Waals surface area contributed by atoms with Crippen molar-refractivity contribution in [3.05, 3.63) is 33.8 Å². The van der Waals surface area contributed by atoms with Crippen LogP contribution < -0.4 is 11.1 Å². The molecule has 1 aromatic rings. The third-order valence-corrected chi connectivity index (χ3v) is 3.45. The number of rotatable bonds is 6. The van der Waals surface area contributed by atoms with Crippen molar-refractivity contribution in [2.24, 2.45) is 5.73 Å². The van der Waals surface area contributed by atoms with Crippen molar-refractivity contribution in [3.63, 3.8) is 0 Å². The maximum atomic E-state index is 12.1. The minimum atomic E-state index is -0.0356. The Bertz CT molecular complexity index is 407. The van der Waals surface area contributed by atoms with Gasteiger partial charge >= 0.3 is 0 Å². The Labute approximate surface area is 117 Å². The maximum Gasteiger partial charge on any atom is 0.251 e. The molecule has 3 N–H and O–H groups in total. The van der Waals surface area contributed by atoms with Gasteiger partial charge in [-0.1, -0.05) is 35.7 Å². The molecule has 0 aliphatic carbocycles. The molecule has 1 aromatic carbocycles. The van der Waals surface area contributed by atoms with E-state index in [0.29, 0.717) is 12.1 Å². The third-order valence-electron chi connectivity index (χ3n) is 2.96. The van der Waals surface area contributed by atoms with E-state index in [9.17, 15) is 4.79 Å². The van der Waals surface area contributed by atoms with Gasteiger partial charge in [0.1, 0.15) is 0 Å². The molecule has 0 aliphatic heterocycles. The summed E-state index contributed by atoms with van der Waals surface area (Å²) in [4.78, 5) is 12.1. The Hall–Kier alpha value is -0.870. The molecule has 3 nitrogen and oxygen atoms in total. The van der Waals surface area contributed by atoms with Gasteiger partial charge < -0.3 is 11.1 Å². The van der Waals surface area contributed by atoms with E-state index < -0.39 is 0 Å². The predicted octanol–water partition coefficient (Wildman–Crippen LogP) is 3.00. The predicted molar refractivity (Wildman–Crippen MR) is 78.7 cm³/mol. The number of nitrogens with two attached hydrogens (primary N) is 1. The Kier molecular flexibility index (Phi) is 6.36. The second-order valence-corrected chi connectivity index (χ2v) is 5.42. The van der Waals surface area contributed by atoms with E-state index in [1.807, 2.05) is 25.1 Å². The second-order valence-electron chi connectivity index (χ2n) is 4.51. The van der Waals surface area contributed by atoms with Crippen molar-refractivity contribution in [1.29, 1.82) is 0 Å². The van der Waals surface area contributed by atoms with E-state index in [2.05, 4.69) is 28.2 Å². The summed E-state index contributed by atoms with van der Waals surface area (Å²) in [5, 5.41) is 3.00. The minimum absolute atomic E-state index is 0.0356. The number of nitrogens with one attached hydrogen (secondary N) is 1. The average molecular weight is 313 g/mol. The molecule has 18 heavy (non-hydrogen) atoms. The molecule has 4 heteroatoms. The highest BCUT2D eigenvalue weighted by atomic mass is 79.9. The van der Waals surface area contributed by atoms with Crippen LogP contribution in [0.4, 0.5) is 0 Å². The zero-order chi connectivity index (χ0) is 13.5. The summed E-state index contributed by atoms with van der Waals surface area (Å²) >= 11 is 3.39. The Balaban J connectivity index is 2.68. The van der Waals surface area contributed by atoms with Crippen LogP contribution in [-0.4, -0.2) is 18.5 Å². The molecular formula is C14H21BrN2O. The van der Waals surface area contributed by atoms with E-state index >= 15 is 0 Å². The summed E-state index contributed by atoms with van der Waals surface area (Å²) in [7, 11) is 0. The number of carbonyl (C=O) groups excluding carboxylic acids is 1.